The molecule has 136 valence electrons. The highest BCUT2D eigenvalue weighted by atomic mass is 16.6. The minimum Gasteiger partial charge on any atom is -0.444 e. The summed E-state index contributed by atoms with van der Waals surface area (Å²) in [6, 6.07) is 3.14. The van der Waals surface area contributed by atoms with Gasteiger partial charge in [0.25, 0.3) is 5.56 Å². The topological polar surface area (TPSA) is 86.1 Å². The van der Waals surface area contributed by atoms with Crippen molar-refractivity contribution in [3.05, 3.63) is 40.6 Å². The normalized spacial score (nSPS) is 11.1. The lowest BCUT2D eigenvalue weighted by molar-refractivity contribution is 0.0635. The molecule has 0 spiro atoms. The summed E-state index contributed by atoms with van der Waals surface area (Å²) in [5.41, 5.74) is 0.638. The Morgan fingerprint density at radius 1 is 1.35 bits per heavy atom. The van der Waals surface area contributed by atoms with E-state index in [4.69, 9.17) is 11.2 Å². The average molecular weight is 354 g/mol. The molecule has 0 radical (unpaired) electrons. The van der Waals surface area contributed by atoms with Crippen LogP contribution in [-0.2, 0) is 4.74 Å². The van der Waals surface area contributed by atoms with Gasteiger partial charge in [0.2, 0.25) is 0 Å². The van der Waals surface area contributed by atoms with Crippen LogP contribution >= 0.6 is 0 Å². The summed E-state index contributed by atoms with van der Waals surface area (Å²) in [6.45, 7) is 9.10. The van der Waals surface area contributed by atoms with Crippen LogP contribution in [0.25, 0.3) is 11.3 Å². The average Bonchev–Trinajstić information content (AvgIpc) is 2.53. The van der Waals surface area contributed by atoms with E-state index in [1.54, 1.807) is 37.6 Å². The maximum absolute atomic E-state index is 11.9. The Morgan fingerprint density at radius 2 is 2.04 bits per heavy atom. The Labute approximate surface area is 152 Å². The number of ether oxygens (including phenoxy) is 1. The lowest BCUT2D eigenvalue weighted by Gasteiger charge is -2.19. The third-order valence-corrected chi connectivity index (χ3v) is 3.32. The monoisotopic (exact) mass is 354 g/mol. The number of anilines is 1. The third kappa shape index (κ3) is 4.70. The van der Waals surface area contributed by atoms with Crippen molar-refractivity contribution >= 4 is 11.9 Å². The number of pyridine rings is 1. The molecule has 0 saturated heterocycles. The Hall–Kier alpha value is -3.14. The van der Waals surface area contributed by atoms with Crippen molar-refractivity contribution in [1.82, 2.24) is 14.5 Å². The molecular weight excluding hydrogens is 332 g/mol. The van der Waals surface area contributed by atoms with Crippen LogP contribution in [0.15, 0.2) is 29.3 Å². The van der Waals surface area contributed by atoms with Gasteiger partial charge in [-0.15, -0.1) is 6.42 Å². The number of nitrogens with one attached hydrogen (secondary N) is 1. The number of terminal acetylenes is 1. The molecule has 7 heteroatoms. The van der Waals surface area contributed by atoms with Crippen molar-refractivity contribution in [2.24, 2.45) is 0 Å². The summed E-state index contributed by atoms with van der Waals surface area (Å²) in [6.07, 6.45) is 8.03. The quantitative estimate of drug-likeness (QED) is 0.855. The summed E-state index contributed by atoms with van der Waals surface area (Å²) in [5, 5.41) is 2.50. The molecule has 0 aliphatic heterocycles. The van der Waals surface area contributed by atoms with E-state index < -0.39 is 11.7 Å². The zero-order valence-electron chi connectivity index (χ0n) is 15.5. The molecule has 2 rings (SSSR count). The van der Waals surface area contributed by atoms with E-state index in [1.807, 2.05) is 13.8 Å². The molecule has 0 unspecified atom stereocenters. The highest BCUT2D eigenvalue weighted by molar-refractivity contribution is 5.85. The second kappa shape index (κ2) is 7.40. The van der Waals surface area contributed by atoms with Crippen LogP contribution in [0.5, 0.6) is 0 Å². The van der Waals surface area contributed by atoms with Gasteiger partial charge in [0.1, 0.15) is 5.60 Å². The molecule has 1 amide bonds. The highest BCUT2D eigenvalue weighted by Crippen LogP contribution is 2.20. The smallest absolute Gasteiger partial charge is 0.413 e. The van der Waals surface area contributed by atoms with Crippen LogP contribution in [0.4, 0.5) is 10.6 Å². The predicted molar refractivity (Wildman–Crippen MR) is 99.9 cm³/mol. The highest BCUT2D eigenvalue weighted by Gasteiger charge is 2.18. The number of nitrogens with zero attached hydrogens (tertiary/aromatic N) is 3. The van der Waals surface area contributed by atoms with Crippen molar-refractivity contribution in [3.63, 3.8) is 0 Å². The van der Waals surface area contributed by atoms with E-state index in [0.717, 1.165) is 0 Å². The fraction of sp³-hybridized carbons (Fsp3) is 0.368. The van der Waals surface area contributed by atoms with Crippen molar-refractivity contribution in [1.29, 1.82) is 0 Å². The molecule has 2 heterocycles. The van der Waals surface area contributed by atoms with E-state index in [9.17, 15) is 9.59 Å². The molecule has 0 fully saturated rings. The van der Waals surface area contributed by atoms with Crippen LogP contribution < -0.4 is 10.9 Å². The van der Waals surface area contributed by atoms with E-state index >= 15 is 0 Å². The van der Waals surface area contributed by atoms with E-state index in [2.05, 4.69) is 21.2 Å². The first-order chi connectivity index (χ1) is 12.1. The lowest BCUT2D eigenvalue weighted by Crippen LogP contribution is -2.27. The number of hydrogen-bond donors (Lipinski definition) is 1. The van der Waals surface area contributed by atoms with Crippen LogP contribution in [0.3, 0.4) is 0 Å². The van der Waals surface area contributed by atoms with Gasteiger partial charge < -0.3 is 9.30 Å². The van der Waals surface area contributed by atoms with Crippen molar-refractivity contribution < 1.29 is 9.53 Å². The zero-order chi connectivity index (χ0) is 19.5. The zero-order valence-corrected chi connectivity index (χ0v) is 15.5. The SMILES string of the molecule is C#Cc1nc(-c2ccc(=O)n(C(C)C)c2)cnc1NC(=O)OC(C)(C)C. The van der Waals surface area contributed by atoms with Crippen LogP contribution in [0.1, 0.15) is 46.4 Å². The molecule has 0 atom stereocenters. The largest absolute Gasteiger partial charge is 0.444 e. The molecule has 26 heavy (non-hydrogen) atoms. The third-order valence-electron chi connectivity index (χ3n) is 3.32. The first-order valence-electron chi connectivity index (χ1n) is 8.17. The van der Waals surface area contributed by atoms with Gasteiger partial charge in [-0.3, -0.25) is 10.1 Å². The predicted octanol–water partition coefficient (Wildman–Crippen LogP) is 3.21. The van der Waals surface area contributed by atoms with Crippen molar-refractivity contribution in [2.45, 2.75) is 46.3 Å². The minimum absolute atomic E-state index is 0.00983. The number of amides is 1. The van der Waals surface area contributed by atoms with Gasteiger partial charge in [0.05, 0.1) is 11.9 Å². The summed E-state index contributed by atoms with van der Waals surface area (Å²) < 4.78 is 6.78. The fourth-order valence-electron chi connectivity index (χ4n) is 2.18. The second-order valence-corrected chi connectivity index (χ2v) is 6.98. The Morgan fingerprint density at radius 3 is 2.62 bits per heavy atom. The maximum atomic E-state index is 11.9. The molecule has 0 aliphatic carbocycles. The van der Waals surface area contributed by atoms with Crippen molar-refractivity contribution in [2.75, 3.05) is 5.32 Å². The number of carbonyl (C=O) groups is 1. The first-order valence-corrected chi connectivity index (χ1v) is 8.17. The fourth-order valence-corrected chi connectivity index (χ4v) is 2.18. The Bertz CT molecular complexity index is 918. The summed E-state index contributed by atoms with van der Waals surface area (Å²) in [7, 11) is 0. The van der Waals surface area contributed by atoms with Crippen LogP contribution in [0.2, 0.25) is 0 Å². The molecule has 0 aromatic carbocycles. The van der Waals surface area contributed by atoms with Gasteiger partial charge in [-0.25, -0.2) is 14.8 Å². The maximum Gasteiger partial charge on any atom is 0.413 e. The number of hydrogen-bond acceptors (Lipinski definition) is 5. The van der Waals surface area contributed by atoms with Gasteiger partial charge in [0.15, 0.2) is 11.5 Å². The summed E-state index contributed by atoms with van der Waals surface area (Å²) in [4.78, 5) is 32.3. The number of rotatable bonds is 3. The Kier molecular flexibility index (Phi) is 5.46. The van der Waals surface area contributed by atoms with Gasteiger partial charge in [-0.2, -0.15) is 0 Å². The van der Waals surface area contributed by atoms with E-state index in [1.165, 1.54) is 12.3 Å². The molecule has 7 nitrogen and oxygen atoms in total. The molecule has 0 saturated carbocycles. The molecule has 0 bridgehead atoms. The lowest BCUT2D eigenvalue weighted by atomic mass is 10.2. The second-order valence-electron chi connectivity index (χ2n) is 6.98. The van der Waals surface area contributed by atoms with E-state index in [-0.39, 0.29) is 23.1 Å². The van der Waals surface area contributed by atoms with Gasteiger partial charge in [-0.1, -0.05) is 0 Å². The van der Waals surface area contributed by atoms with E-state index in [0.29, 0.717) is 11.3 Å². The van der Waals surface area contributed by atoms with Gasteiger partial charge >= 0.3 is 6.09 Å². The van der Waals surface area contributed by atoms with Crippen LogP contribution in [0, 0.1) is 12.3 Å². The number of carbonyl (C=O) groups excluding carboxylic acids is 1. The summed E-state index contributed by atoms with van der Waals surface area (Å²) in [5.74, 6) is 2.55. The number of aromatic nitrogens is 3. The molecular formula is C19H22N4O3. The summed E-state index contributed by atoms with van der Waals surface area (Å²) >= 11 is 0. The van der Waals surface area contributed by atoms with Crippen LogP contribution in [-0.4, -0.2) is 26.2 Å². The van der Waals surface area contributed by atoms with Crippen molar-refractivity contribution in [3.8, 4) is 23.6 Å². The Balaban J connectivity index is 2.35. The molecule has 1 N–H and O–H groups in total. The molecule has 2 aromatic rings. The minimum atomic E-state index is -0.663. The standard InChI is InChI=1S/C19H22N4O3/c1-7-14-17(22-18(25)26-19(4,5)6)20-10-15(21-14)13-8-9-16(24)23(11-13)12(2)3/h1,8-12H,2-6H3,(H,20,22,25). The van der Waals surface area contributed by atoms with Gasteiger partial charge in [0, 0.05) is 23.9 Å². The molecule has 2 aromatic heterocycles. The van der Waals surface area contributed by atoms with Gasteiger partial charge in [-0.05, 0) is 46.6 Å². The first kappa shape index (κ1) is 19.2. The molecule has 0 aliphatic rings.